The number of nitrogens with two attached hydrogens (primary N) is 1. The van der Waals surface area contributed by atoms with Gasteiger partial charge in [-0.2, -0.15) is 0 Å². The minimum atomic E-state index is -0.686. The molecule has 11 heavy (non-hydrogen) atoms. The highest BCUT2D eigenvalue weighted by molar-refractivity contribution is 9.10. The van der Waals surface area contributed by atoms with Crippen LogP contribution in [0.4, 0.5) is 10.1 Å². The lowest BCUT2D eigenvalue weighted by atomic mass is 10.3. The highest BCUT2D eigenvalue weighted by Crippen LogP contribution is 2.34. The maximum atomic E-state index is 12.8. The summed E-state index contributed by atoms with van der Waals surface area (Å²) in [5.74, 6) is -0.686. The minimum Gasteiger partial charge on any atom is -0.397 e. The Morgan fingerprint density at radius 1 is 1.45 bits per heavy atom. The molecule has 0 spiro atoms. The Labute approximate surface area is 81.4 Å². The predicted molar refractivity (Wildman–Crippen MR) is 48.5 cm³/mol. The van der Waals surface area contributed by atoms with Crippen molar-refractivity contribution in [3.05, 3.63) is 26.4 Å². The highest BCUT2D eigenvalue weighted by Gasteiger charge is 2.11. The summed E-state index contributed by atoms with van der Waals surface area (Å²) in [6.07, 6.45) is 0. The number of nitrogen functional groups attached to an aromatic ring is 1. The van der Waals surface area contributed by atoms with Crippen molar-refractivity contribution in [3.63, 3.8) is 0 Å². The molecule has 0 radical (unpaired) electrons. The maximum absolute atomic E-state index is 12.8. The predicted octanol–water partition coefficient (Wildman–Crippen LogP) is 3.48. The van der Waals surface area contributed by atoms with Crippen LogP contribution < -0.4 is 5.73 Å². The molecule has 0 unspecified atom stereocenters. The van der Waals surface area contributed by atoms with Crippen LogP contribution in [-0.4, -0.2) is 0 Å². The summed E-state index contributed by atoms with van der Waals surface area (Å²) >= 11 is 14.0. The fraction of sp³-hybridized carbons (Fsp3) is 0. The molecule has 60 valence electrons. The van der Waals surface area contributed by atoms with Gasteiger partial charge in [-0.1, -0.05) is 23.2 Å². The Balaban J connectivity index is 3.46. The van der Waals surface area contributed by atoms with E-state index in [1.54, 1.807) is 0 Å². The van der Waals surface area contributed by atoms with E-state index in [0.29, 0.717) is 4.47 Å². The van der Waals surface area contributed by atoms with Crippen LogP contribution in [0.25, 0.3) is 0 Å². The fourth-order valence-electron chi connectivity index (χ4n) is 0.580. The fourth-order valence-corrected chi connectivity index (χ4v) is 1.71. The van der Waals surface area contributed by atoms with Gasteiger partial charge in [0.05, 0.1) is 10.7 Å². The lowest BCUT2D eigenvalue weighted by molar-refractivity contribution is 0.629. The highest BCUT2D eigenvalue weighted by atomic mass is 79.9. The molecule has 1 rings (SSSR count). The van der Waals surface area contributed by atoms with E-state index in [9.17, 15) is 4.39 Å². The largest absolute Gasteiger partial charge is 0.397 e. The van der Waals surface area contributed by atoms with E-state index in [4.69, 9.17) is 28.9 Å². The van der Waals surface area contributed by atoms with E-state index in [0.717, 1.165) is 0 Å². The van der Waals surface area contributed by atoms with Gasteiger partial charge in [0.1, 0.15) is 5.02 Å². The molecule has 0 fully saturated rings. The second-order valence-corrected chi connectivity index (χ2v) is 3.52. The number of rotatable bonds is 0. The van der Waals surface area contributed by atoms with Gasteiger partial charge in [-0.3, -0.25) is 0 Å². The van der Waals surface area contributed by atoms with Crippen molar-refractivity contribution >= 4 is 44.8 Å². The molecule has 0 saturated carbocycles. The van der Waals surface area contributed by atoms with Crippen LogP contribution in [0, 0.1) is 5.82 Å². The van der Waals surface area contributed by atoms with Crippen molar-refractivity contribution < 1.29 is 4.39 Å². The Morgan fingerprint density at radius 2 is 2.00 bits per heavy atom. The molecule has 0 amide bonds. The molecule has 0 saturated heterocycles. The number of halogens is 4. The molecule has 0 aliphatic rings. The Bertz CT molecular complexity index is 277. The van der Waals surface area contributed by atoms with Crippen LogP contribution in [-0.2, 0) is 0 Å². The number of benzene rings is 1. The summed E-state index contributed by atoms with van der Waals surface area (Å²) in [6.45, 7) is 0. The van der Waals surface area contributed by atoms with E-state index in [1.165, 1.54) is 6.07 Å². The van der Waals surface area contributed by atoms with Gasteiger partial charge in [0.25, 0.3) is 0 Å². The van der Waals surface area contributed by atoms with Crippen LogP contribution >= 0.6 is 39.1 Å². The molecular formula is C6H3BrCl2FN. The van der Waals surface area contributed by atoms with E-state index < -0.39 is 5.82 Å². The summed E-state index contributed by atoms with van der Waals surface area (Å²) in [7, 11) is 0. The van der Waals surface area contributed by atoms with Crippen molar-refractivity contribution in [2.24, 2.45) is 0 Å². The van der Waals surface area contributed by atoms with E-state index >= 15 is 0 Å². The molecule has 0 aliphatic heterocycles. The smallest absolute Gasteiger partial charge is 0.162 e. The summed E-state index contributed by atoms with van der Waals surface area (Å²) < 4.78 is 13.3. The van der Waals surface area contributed by atoms with Gasteiger partial charge in [-0.15, -0.1) is 0 Å². The van der Waals surface area contributed by atoms with Gasteiger partial charge < -0.3 is 5.73 Å². The first-order chi connectivity index (χ1) is 5.04. The second kappa shape index (κ2) is 3.17. The van der Waals surface area contributed by atoms with Crippen molar-refractivity contribution in [2.75, 3.05) is 5.73 Å². The molecule has 1 nitrogen and oxygen atoms in total. The molecule has 0 aromatic heterocycles. The molecular weight excluding hydrogens is 256 g/mol. The Kier molecular flexibility index (Phi) is 2.62. The Morgan fingerprint density at radius 3 is 2.55 bits per heavy atom. The zero-order valence-corrected chi connectivity index (χ0v) is 8.26. The van der Waals surface area contributed by atoms with Crippen molar-refractivity contribution in [3.8, 4) is 0 Å². The molecule has 0 aliphatic carbocycles. The van der Waals surface area contributed by atoms with Crippen molar-refractivity contribution in [1.29, 1.82) is 0 Å². The normalized spacial score (nSPS) is 10.2. The second-order valence-electron chi connectivity index (χ2n) is 1.88. The lowest BCUT2D eigenvalue weighted by Gasteiger charge is -2.03. The molecule has 0 heterocycles. The van der Waals surface area contributed by atoms with Crippen molar-refractivity contribution in [1.82, 2.24) is 0 Å². The summed E-state index contributed by atoms with van der Waals surface area (Å²) in [6, 6.07) is 1.36. The summed E-state index contributed by atoms with van der Waals surface area (Å²) in [5.41, 5.74) is 5.53. The van der Waals surface area contributed by atoms with Gasteiger partial charge in [0.2, 0.25) is 0 Å². The average molecular weight is 259 g/mol. The molecule has 1 aromatic rings. The SMILES string of the molecule is Nc1c(Br)cc(Cl)c(F)c1Cl. The van der Waals surface area contributed by atoms with Crippen LogP contribution in [0.3, 0.4) is 0 Å². The Hall–Kier alpha value is 0.01000. The van der Waals surface area contributed by atoms with Crippen molar-refractivity contribution in [2.45, 2.75) is 0 Å². The number of hydrogen-bond acceptors (Lipinski definition) is 1. The third-order valence-corrected chi connectivity index (χ3v) is 2.45. The van der Waals surface area contributed by atoms with Crippen LogP contribution in [0.2, 0.25) is 10.0 Å². The molecule has 0 atom stereocenters. The number of hydrogen-bond donors (Lipinski definition) is 1. The van der Waals surface area contributed by atoms with Gasteiger partial charge in [-0.05, 0) is 22.0 Å². The summed E-state index contributed by atoms with van der Waals surface area (Å²) in [5, 5.41) is -0.194. The molecule has 2 N–H and O–H groups in total. The van der Waals surface area contributed by atoms with Crippen LogP contribution in [0.1, 0.15) is 0 Å². The molecule has 0 bridgehead atoms. The standard InChI is InChI=1S/C6H3BrCl2FN/c7-2-1-3(8)5(10)4(9)6(2)11/h1H,11H2. The summed E-state index contributed by atoms with van der Waals surface area (Å²) in [4.78, 5) is 0. The first kappa shape index (κ1) is 9.10. The van der Waals surface area contributed by atoms with Crippen LogP contribution in [0.15, 0.2) is 10.5 Å². The third-order valence-electron chi connectivity index (χ3n) is 1.15. The topological polar surface area (TPSA) is 26.0 Å². The zero-order chi connectivity index (χ0) is 8.59. The molecule has 5 heteroatoms. The van der Waals surface area contributed by atoms with E-state index in [1.807, 2.05) is 0 Å². The lowest BCUT2D eigenvalue weighted by Crippen LogP contribution is -1.91. The van der Waals surface area contributed by atoms with Gasteiger partial charge in [-0.25, -0.2) is 4.39 Å². The maximum Gasteiger partial charge on any atom is 0.162 e. The van der Waals surface area contributed by atoms with E-state index in [2.05, 4.69) is 15.9 Å². The average Bonchev–Trinajstić information content (AvgIpc) is 1.97. The van der Waals surface area contributed by atoms with Gasteiger partial charge in [0, 0.05) is 4.47 Å². The monoisotopic (exact) mass is 257 g/mol. The van der Waals surface area contributed by atoms with Gasteiger partial charge in [0.15, 0.2) is 5.82 Å². The van der Waals surface area contributed by atoms with E-state index in [-0.39, 0.29) is 15.7 Å². The molecule has 1 aromatic carbocycles. The van der Waals surface area contributed by atoms with Gasteiger partial charge >= 0.3 is 0 Å². The first-order valence-corrected chi connectivity index (χ1v) is 4.17. The quantitative estimate of drug-likeness (QED) is 0.430. The minimum absolute atomic E-state index is 0.0453. The number of anilines is 1. The first-order valence-electron chi connectivity index (χ1n) is 2.62. The third kappa shape index (κ3) is 1.60. The van der Waals surface area contributed by atoms with Crippen LogP contribution in [0.5, 0.6) is 0 Å². The zero-order valence-electron chi connectivity index (χ0n) is 5.17.